The summed E-state index contributed by atoms with van der Waals surface area (Å²) in [6.45, 7) is 3.80. The van der Waals surface area contributed by atoms with Gasteiger partial charge in [0.15, 0.2) is 16.0 Å². The van der Waals surface area contributed by atoms with Crippen molar-refractivity contribution in [1.29, 1.82) is 0 Å². The van der Waals surface area contributed by atoms with E-state index in [2.05, 4.69) is 26.3 Å². The molecule has 0 aliphatic carbocycles. The number of carbonyl (C=O) groups is 2. The Hall–Kier alpha value is -2.53. The van der Waals surface area contributed by atoms with E-state index in [-0.39, 0.29) is 23.4 Å². The Balaban J connectivity index is 2.67. The van der Waals surface area contributed by atoms with Crippen LogP contribution in [0.4, 0.5) is 21.1 Å². The summed E-state index contributed by atoms with van der Waals surface area (Å²) < 4.78 is 9.44. The molecule has 130 valence electrons. The molecule has 0 fully saturated rings. The molecule has 1 aromatic rings. The van der Waals surface area contributed by atoms with Gasteiger partial charge in [0.25, 0.3) is 0 Å². The van der Waals surface area contributed by atoms with Crippen molar-refractivity contribution >= 4 is 58.4 Å². The molecular formula is C13H17N5O4S2. The molecule has 0 aliphatic heterocycles. The Bertz CT molecular complexity index is 573. The first kappa shape index (κ1) is 19.5. The fraction of sp³-hybridized carbons (Fsp3) is 0.308. The van der Waals surface area contributed by atoms with E-state index in [9.17, 15) is 9.59 Å². The first-order valence-electron chi connectivity index (χ1n) is 6.90. The van der Waals surface area contributed by atoms with Crippen molar-refractivity contribution in [1.82, 2.24) is 15.6 Å². The van der Waals surface area contributed by atoms with Gasteiger partial charge < -0.3 is 20.1 Å². The Morgan fingerprint density at radius 1 is 1.04 bits per heavy atom. The molecule has 0 saturated carbocycles. The SMILES string of the molecule is CCOC(=O)NC(=S)Nc1cccnc1NC(=S)NC(=O)OCC. The molecule has 0 spiro atoms. The summed E-state index contributed by atoms with van der Waals surface area (Å²) in [5, 5.41) is 10.2. The van der Waals surface area contributed by atoms with Crippen molar-refractivity contribution in [3.05, 3.63) is 18.3 Å². The minimum Gasteiger partial charge on any atom is -0.450 e. The first-order valence-corrected chi connectivity index (χ1v) is 7.72. The van der Waals surface area contributed by atoms with Crippen LogP contribution >= 0.6 is 24.4 Å². The Morgan fingerprint density at radius 3 is 2.12 bits per heavy atom. The van der Waals surface area contributed by atoms with Crippen LogP contribution < -0.4 is 21.3 Å². The average molecular weight is 371 g/mol. The van der Waals surface area contributed by atoms with E-state index in [1.807, 2.05) is 0 Å². The molecule has 1 heterocycles. The molecule has 0 atom stereocenters. The number of aromatic nitrogens is 1. The van der Waals surface area contributed by atoms with Gasteiger partial charge in [0, 0.05) is 6.20 Å². The highest BCUT2D eigenvalue weighted by molar-refractivity contribution is 7.80. The second-order valence-electron chi connectivity index (χ2n) is 4.00. The van der Waals surface area contributed by atoms with E-state index >= 15 is 0 Å². The number of carbonyl (C=O) groups excluding carboxylic acids is 2. The van der Waals surface area contributed by atoms with Crippen molar-refractivity contribution in [3.8, 4) is 0 Å². The standard InChI is InChI=1S/C13H17N5O4S2/c1-3-21-12(19)17-10(23)15-8-6-5-7-14-9(8)16-11(24)18-13(20)22-4-2/h5-7H,3-4H2,1-2H3,(H2,15,17,19,23)(H2,14,16,18,20,24). The molecule has 11 heteroatoms. The lowest BCUT2D eigenvalue weighted by molar-refractivity contribution is 0.157. The number of anilines is 2. The zero-order valence-corrected chi connectivity index (χ0v) is 14.7. The molecule has 0 aliphatic rings. The van der Waals surface area contributed by atoms with Gasteiger partial charge in [-0.1, -0.05) is 0 Å². The second-order valence-corrected chi connectivity index (χ2v) is 4.82. The van der Waals surface area contributed by atoms with Crippen LogP contribution in [0.15, 0.2) is 18.3 Å². The number of hydrogen-bond acceptors (Lipinski definition) is 7. The monoisotopic (exact) mass is 371 g/mol. The van der Waals surface area contributed by atoms with Gasteiger partial charge in [0.1, 0.15) is 0 Å². The van der Waals surface area contributed by atoms with Crippen LogP contribution in [-0.2, 0) is 9.47 Å². The molecule has 2 amide bonds. The highest BCUT2D eigenvalue weighted by Crippen LogP contribution is 2.17. The molecule has 0 aromatic carbocycles. The lowest BCUT2D eigenvalue weighted by atomic mass is 10.4. The number of nitrogens with zero attached hydrogens (tertiary/aromatic N) is 1. The number of amides is 2. The number of rotatable bonds is 4. The van der Waals surface area contributed by atoms with Gasteiger partial charge in [-0.2, -0.15) is 0 Å². The maximum atomic E-state index is 11.3. The van der Waals surface area contributed by atoms with Crippen molar-refractivity contribution in [2.24, 2.45) is 0 Å². The van der Waals surface area contributed by atoms with Crippen LogP contribution in [0.3, 0.4) is 0 Å². The molecule has 1 rings (SSSR count). The van der Waals surface area contributed by atoms with Gasteiger partial charge in [-0.05, 0) is 50.4 Å². The third-order valence-corrected chi connectivity index (χ3v) is 2.68. The van der Waals surface area contributed by atoms with E-state index in [0.717, 1.165) is 0 Å². The van der Waals surface area contributed by atoms with Crippen molar-refractivity contribution in [3.63, 3.8) is 0 Å². The fourth-order valence-corrected chi connectivity index (χ4v) is 1.79. The van der Waals surface area contributed by atoms with Crippen molar-refractivity contribution in [2.75, 3.05) is 23.8 Å². The lowest BCUT2D eigenvalue weighted by Gasteiger charge is -2.14. The molecule has 4 N–H and O–H groups in total. The summed E-state index contributed by atoms with van der Waals surface area (Å²) in [7, 11) is 0. The normalized spacial score (nSPS) is 9.42. The number of ether oxygens (including phenoxy) is 2. The molecule has 1 aromatic heterocycles. The van der Waals surface area contributed by atoms with E-state index in [1.165, 1.54) is 6.20 Å². The molecule has 24 heavy (non-hydrogen) atoms. The smallest absolute Gasteiger partial charge is 0.413 e. The third-order valence-electron chi connectivity index (χ3n) is 2.27. The van der Waals surface area contributed by atoms with E-state index in [0.29, 0.717) is 11.5 Å². The summed E-state index contributed by atoms with van der Waals surface area (Å²) in [6, 6.07) is 3.31. The molecule has 0 saturated heterocycles. The van der Waals surface area contributed by atoms with Crippen LogP contribution in [0.1, 0.15) is 13.8 Å². The number of alkyl carbamates (subject to hydrolysis) is 2. The Kier molecular flexibility index (Phi) is 8.36. The largest absolute Gasteiger partial charge is 0.450 e. The predicted octanol–water partition coefficient (Wildman–Crippen LogP) is 1.97. The lowest BCUT2D eigenvalue weighted by Crippen LogP contribution is -2.36. The van der Waals surface area contributed by atoms with Gasteiger partial charge in [-0.15, -0.1) is 0 Å². The zero-order valence-electron chi connectivity index (χ0n) is 13.0. The molecule has 9 nitrogen and oxygen atoms in total. The minimum atomic E-state index is -0.681. The molecule has 0 unspecified atom stereocenters. The first-order chi connectivity index (χ1) is 11.5. The molecule has 0 bridgehead atoms. The molecule has 0 radical (unpaired) electrons. The average Bonchev–Trinajstić information content (AvgIpc) is 2.49. The Labute approximate surface area is 149 Å². The van der Waals surface area contributed by atoms with E-state index in [1.54, 1.807) is 26.0 Å². The van der Waals surface area contributed by atoms with Crippen LogP contribution in [0.2, 0.25) is 0 Å². The van der Waals surface area contributed by atoms with Gasteiger partial charge in [0.05, 0.1) is 18.9 Å². The maximum absolute atomic E-state index is 11.3. The van der Waals surface area contributed by atoms with Crippen LogP contribution in [0, 0.1) is 0 Å². The third kappa shape index (κ3) is 7.15. The summed E-state index contributed by atoms with van der Waals surface area (Å²) in [6.07, 6.45) is 0.162. The maximum Gasteiger partial charge on any atom is 0.413 e. The van der Waals surface area contributed by atoms with Gasteiger partial charge >= 0.3 is 12.2 Å². The van der Waals surface area contributed by atoms with Crippen molar-refractivity contribution < 1.29 is 19.1 Å². The van der Waals surface area contributed by atoms with Gasteiger partial charge in [-0.25, -0.2) is 14.6 Å². The van der Waals surface area contributed by atoms with Crippen LogP contribution in [0.5, 0.6) is 0 Å². The topological polar surface area (TPSA) is 114 Å². The van der Waals surface area contributed by atoms with Crippen molar-refractivity contribution in [2.45, 2.75) is 13.8 Å². The summed E-state index contributed by atoms with van der Waals surface area (Å²) in [5.41, 5.74) is 0.437. The number of nitrogens with one attached hydrogen (secondary N) is 4. The Morgan fingerprint density at radius 2 is 1.58 bits per heavy atom. The number of thiocarbonyl (C=S) groups is 2. The highest BCUT2D eigenvalue weighted by atomic mass is 32.1. The summed E-state index contributed by atoms with van der Waals surface area (Å²) in [5.74, 6) is 0.298. The number of hydrogen-bond donors (Lipinski definition) is 4. The van der Waals surface area contributed by atoms with E-state index < -0.39 is 12.2 Å². The predicted molar refractivity (Wildman–Crippen MR) is 97.0 cm³/mol. The quantitative estimate of drug-likeness (QED) is 0.590. The summed E-state index contributed by atoms with van der Waals surface area (Å²) in [4.78, 5) is 26.7. The van der Waals surface area contributed by atoms with Gasteiger partial charge in [0.2, 0.25) is 0 Å². The summed E-state index contributed by atoms with van der Waals surface area (Å²) >= 11 is 9.99. The minimum absolute atomic E-state index is 0.000491. The highest BCUT2D eigenvalue weighted by Gasteiger charge is 2.11. The second kappa shape index (κ2) is 10.3. The number of pyridine rings is 1. The fourth-order valence-electron chi connectivity index (χ4n) is 1.42. The van der Waals surface area contributed by atoms with E-state index in [4.69, 9.17) is 33.9 Å². The zero-order chi connectivity index (χ0) is 17.9. The van der Waals surface area contributed by atoms with Gasteiger partial charge in [-0.3, -0.25) is 10.6 Å². The van der Waals surface area contributed by atoms with Crippen LogP contribution in [0.25, 0.3) is 0 Å². The van der Waals surface area contributed by atoms with Crippen LogP contribution in [-0.4, -0.2) is 40.6 Å². The molecular weight excluding hydrogens is 354 g/mol.